The molecule has 1 atom stereocenters. The fourth-order valence-corrected chi connectivity index (χ4v) is 2.06. The van der Waals surface area contributed by atoms with Crippen molar-refractivity contribution in [3.05, 3.63) is 34.3 Å². The van der Waals surface area contributed by atoms with Crippen molar-refractivity contribution in [1.29, 1.82) is 0 Å². The van der Waals surface area contributed by atoms with Gasteiger partial charge in [0.2, 0.25) is 0 Å². The predicted octanol–water partition coefficient (Wildman–Crippen LogP) is 4.84. The lowest BCUT2D eigenvalue weighted by Gasteiger charge is -2.10. The molecular formula is C14H21BrO. The first kappa shape index (κ1) is 13.7. The molecule has 2 heteroatoms. The molecule has 1 rings (SSSR count). The summed E-state index contributed by atoms with van der Waals surface area (Å²) in [6.07, 6.45) is 6.83. The van der Waals surface area contributed by atoms with Crippen molar-refractivity contribution in [3.8, 4) is 0 Å². The van der Waals surface area contributed by atoms with Crippen LogP contribution in [0, 0.1) is 0 Å². The Bertz CT molecular complexity index is 281. The van der Waals surface area contributed by atoms with Crippen LogP contribution in [-0.4, -0.2) is 5.11 Å². The van der Waals surface area contributed by atoms with Crippen molar-refractivity contribution in [2.45, 2.75) is 51.6 Å². The summed E-state index contributed by atoms with van der Waals surface area (Å²) in [4.78, 5) is 0. The number of rotatable bonds is 7. The molecule has 0 aliphatic heterocycles. The summed E-state index contributed by atoms with van der Waals surface area (Å²) in [5.41, 5.74) is 1.03. The first-order chi connectivity index (χ1) is 7.74. The molecule has 1 aromatic rings. The largest absolute Gasteiger partial charge is 0.388 e. The number of hydrogen-bond acceptors (Lipinski definition) is 1. The van der Waals surface area contributed by atoms with Crippen LogP contribution in [0.1, 0.15) is 57.1 Å². The molecule has 0 aliphatic rings. The van der Waals surface area contributed by atoms with E-state index >= 15 is 0 Å². The van der Waals surface area contributed by atoms with E-state index in [9.17, 15) is 5.11 Å². The molecule has 0 fully saturated rings. The molecule has 0 radical (unpaired) electrons. The number of aliphatic hydroxyl groups is 1. The van der Waals surface area contributed by atoms with Crippen LogP contribution in [0.3, 0.4) is 0 Å². The Balaban J connectivity index is 2.24. The van der Waals surface area contributed by atoms with Crippen molar-refractivity contribution >= 4 is 15.9 Å². The number of halogens is 1. The van der Waals surface area contributed by atoms with Gasteiger partial charge in [0.25, 0.3) is 0 Å². The highest BCUT2D eigenvalue weighted by Gasteiger charge is 2.06. The van der Waals surface area contributed by atoms with Crippen molar-refractivity contribution in [2.24, 2.45) is 0 Å². The molecule has 90 valence electrons. The minimum Gasteiger partial charge on any atom is -0.388 e. The van der Waals surface area contributed by atoms with E-state index < -0.39 is 0 Å². The predicted molar refractivity (Wildman–Crippen MR) is 72.5 cm³/mol. The second kappa shape index (κ2) is 7.86. The van der Waals surface area contributed by atoms with Gasteiger partial charge in [-0.25, -0.2) is 0 Å². The van der Waals surface area contributed by atoms with E-state index in [1.165, 1.54) is 25.7 Å². The van der Waals surface area contributed by atoms with Gasteiger partial charge < -0.3 is 5.11 Å². The molecule has 0 saturated carbocycles. The molecule has 0 heterocycles. The fourth-order valence-electron chi connectivity index (χ4n) is 1.79. The van der Waals surface area contributed by atoms with Crippen LogP contribution >= 0.6 is 15.9 Å². The fraction of sp³-hybridized carbons (Fsp3) is 0.571. The Morgan fingerprint density at radius 1 is 1.06 bits per heavy atom. The molecule has 0 bridgehead atoms. The lowest BCUT2D eigenvalue weighted by atomic mass is 10.0. The van der Waals surface area contributed by atoms with Crippen LogP contribution < -0.4 is 0 Å². The minimum absolute atomic E-state index is 0.297. The highest BCUT2D eigenvalue weighted by atomic mass is 79.9. The summed E-state index contributed by atoms with van der Waals surface area (Å²) < 4.78 is 1.06. The maximum atomic E-state index is 9.95. The molecule has 1 nitrogen and oxygen atoms in total. The molecule has 0 amide bonds. The van der Waals surface area contributed by atoms with E-state index in [0.29, 0.717) is 0 Å². The summed E-state index contributed by atoms with van der Waals surface area (Å²) in [5.74, 6) is 0. The molecular weight excluding hydrogens is 264 g/mol. The first-order valence-electron chi connectivity index (χ1n) is 6.17. The van der Waals surface area contributed by atoms with Gasteiger partial charge in [-0.05, 0) is 24.1 Å². The summed E-state index contributed by atoms with van der Waals surface area (Å²) in [6, 6.07) is 7.94. The van der Waals surface area contributed by atoms with Gasteiger partial charge in [0, 0.05) is 4.47 Å². The maximum Gasteiger partial charge on any atom is 0.0790 e. The van der Waals surface area contributed by atoms with Crippen molar-refractivity contribution in [3.63, 3.8) is 0 Å². The van der Waals surface area contributed by atoms with Crippen molar-refractivity contribution < 1.29 is 5.11 Å². The lowest BCUT2D eigenvalue weighted by Crippen LogP contribution is -1.97. The van der Waals surface area contributed by atoms with Crippen LogP contribution in [0.2, 0.25) is 0 Å². The normalized spacial score (nSPS) is 12.7. The third-order valence-corrected chi connectivity index (χ3v) is 3.36. The Labute approximate surface area is 107 Å². The number of aliphatic hydroxyl groups excluding tert-OH is 1. The molecule has 0 aromatic heterocycles. The Morgan fingerprint density at radius 2 is 1.69 bits per heavy atom. The third kappa shape index (κ3) is 5.13. The van der Waals surface area contributed by atoms with Gasteiger partial charge in [-0.2, -0.15) is 0 Å². The van der Waals surface area contributed by atoms with E-state index in [4.69, 9.17) is 0 Å². The van der Waals surface area contributed by atoms with Gasteiger partial charge >= 0.3 is 0 Å². The highest BCUT2D eigenvalue weighted by molar-refractivity contribution is 9.10. The lowest BCUT2D eigenvalue weighted by molar-refractivity contribution is 0.163. The summed E-state index contributed by atoms with van der Waals surface area (Å²) in [7, 11) is 0. The van der Waals surface area contributed by atoms with Gasteiger partial charge in [-0.1, -0.05) is 67.1 Å². The zero-order valence-corrected chi connectivity index (χ0v) is 11.5. The summed E-state index contributed by atoms with van der Waals surface area (Å²) >= 11 is 3.39. The Morgan fingerprint density at radius 3 is 2.31 bits per heavy atom. The minimum atomic E-state index is -0.297. The maximum absolute atomic E-state index is 9.95. The van der Waals surface area contributed by atoms with Crippen LogP contribution in [0.4, 0.5) is 0 Å². The number of hydrogen-bond donors (Lipinski definition) is 1. The quantitative estimate of drug-likeness (QED) is 0.710. The second-order valence-corrected chi connectivity index (χ2v) is 5.19. The van der Waals surface area contributed by atoms with E-state index in [1.807, 2.05) is 24.3 Å². The van der Waals surface area contributed by atoms with Crippen LogP contribution in [-0.2, 0) is 0 Å². The van der Waals surface area contributed by atoms with Gasteiger partial charge in [-0.3, -0.25) is 0 Å². The van der Waals surface area contributed by atoms with E-state index in [1.54, 1.807) is 0 Å². The molecule has 16 heavy (non-hydrogen) atoms. The Hall–Kier alpha value is -0.340. The van der Waals surface area contributed by atoms with Crippen molar-refractivity contribution in [1.82, 2.24) is 0 Å². The Kier molecular flexibility index (Phi) is 6.74. The average molecular weight is 285 g/mol. The van der Waals surface area contributed by atoms with Crippen LogP contribution in [0.15, 0.2) is 28.7 Å². The average Bonchev–Trinajstić information content (AvgIpc) is 2.29. The van der Waals surface area contributed by atoms with E-state index in [2.05, 4.69) is 22.9 Å². The summed E-state index contributed by atoms with van der Waals surface area (Å²) in [6.45, 7) is 2.22. The van der Waals surface area contributed by atoms with Gasteiger partial charge in [-0.15, -0.1) is 0 Å². The molecule has 0 saturated heterocycles. The SMILES string of the molecule is CCCCCCC[C@H](O)c1ccc(Br)cc1. The van der Waals surface area contributed by atoms with E-state index in [0.717, 1.165) is 22.9 Å². The van der Waals surface area contributed by atoms with Gasteiger partial charge in [0.15, 0.2) is 0 Å². The molecule has 0 spiro atoms. The van der Waals surface area contributed by atoms with Gasteiger partial charge in [0.05, 0.1) is 6.10 Å². The first-order valence-corrected chi connectivity index (χ1v) is 6.97. The molecule has 0 unspecified atom stereocenters. The molecule has 1 N–H and O–H groups in total. The standard InChI is InChI=1S/C14H21BrO/c1-2-3-4-5-6-7-14(16)12-8-10-13(15)11-9-12/h8-11,14,16H,2-7H2,1H3/t14-/m0/s1. The number of unbranched alkanes of at least 4 members (excludes halogenated alkanes) is 4. The van der Waals surface area contributed by atoms with E-state index in [-0.39, 0.29) is 6.10 Å². The summed E-state index contributed by atoms with van der Waals surface area (Å²) in [5, 5.41) is 9.95. The van der Waals surface area contributed by atoms with Crippen molar-refractivity contribution in [2.75, 3.05) is 0 Å². The molecule has 0 aliphatic carbocycles. The van der Waals surface area contributed by atoms with Gasteiger partial charge in [0.1, 0.15) is 0 Å². The molecule has 1 aromatic carbocycles. The van der Waals surface area contributed by atoms with Crippen LogP contribution in [0.25, 0.3) is 0 Å². The highest BCUT2D eigenvalue weighted by Crippen LogP contribution is 2.21. The number of benzene rings is 1. The monoisotopic (exact) mass is 284 g/mol. The zero-order valence-electron chi connectivity index (χ0n) is 9.95. The third-order valence-electron chi connectivity index (χ3n) is 2.84. The second-order valence-electron chi connectivity index (χ2n) is 4.27. The van der Waals surface area contributed by atoms with Crippen LogP contribution in [0.5, 0.6) is 0 Å². The topological polar surface area (TPSA) is 20.2 Å². The zero-order chi connectivity index (χ0) is 11.8. The smallest absolute Gasteiger partial charge is 0.0790 e.